The molecule has 0 amide bonds. The van der Waals surface area contributed by atoms with Crippen LogP contribution in [0.5, 0.6) is 0 Å². The summed E-state index contributed by atoms with van der Waals surface area (Å²) in [5.41, 5.74) is 3.00. The third kappa shape index (κ3) is 8.98. The maximum absolute atomic E-state index is 12.7. The fourth-order valence-electron chi connectivity index (χ4n) is 4.66. The molecule has 1 aliphatic carbocycles. The fourth-order valence-corrected chi connectivity index (χ4v) is 4.66. The monoisotopic (exact) mass is 471 g/mol. The Morgan fingerprint density at radius 3 is 2.50 bits per heavy atom. The van der Waals surface area contributed by atoms with Crippen LogP contribution < -0.4 is 0 Å². The Labute approximate surface area is 206 Å². The first-order chi connectivity index (χ1) is 16.2. The number of carbonyl (C=O) groups is 2. The number of aliphatic hydroxyl groups is 1. The van der Waals surface area contributed by atoms with Gasteiger partial charge in [-0.3, -0.25) is 14.6 Å². The highest BCUT2D eigenvalue weighted by atomic mass is 16.5. The minimum atomic E-state index is -0.590. The number of pyridine rings is 1. The van der Waals surface area contributed by atoms with Crippen molar-refractivity contribution >= 4 is 17.8 Å². The largest absolute Gasteiger partial charge is 0.458 e. The molecule has 5 nitrogen and oxygen atoms in total. The molecule has 0 bridgehead atoms. The maximum Gasteiger partial charge on any atom is 0.306 e. The number of hydrogen-bond acceptors (Lipinski definition) is 5. The molecule has 2 aliphatic rings. The minimum Gasteiger partial charge on any atom is -0.458 e. The molecular formula is C29H45NO4. The Hall–Kier alpha value is -2.01. The second-order valence-corrected chi connectivity index (χ2v) is 10.2. The normalized spacial score (nSPS) is 31.6. The molecule has 1 saturated carbocycles. The number of nitrogens with zero attached hydrogens (tertiary/aromatic N) is 1. The van der Waals surface area contributed by atoms with Crippen molar-refractivity contribution in [1.82, 2.24) is 4.98 Å². The van der Waals surface area contributed by atoms with Crippen LogP contribution in [0.4, 0.5) is 0 Å². The van der Waals surface area contributed by atoms with E-state index in [1.165, 1.54) is 6.42 Å². The van der Waals surface area contributed by atoms with Gasteiger partial charge in [-0.2, -0.15) is 0 Å². The predicted octanol–water partition coefficient (Wildman–Crippen LogP) is 6.31. The van der Waals surface area contributed by atoms with Crippen molar-refractivity contribution < 1.29 is 19.4 Å². The summed E-state index contributed by atoms with van der Waals surface area (Å²) >= 11 is 0. The van der Waals surface area contributed by atoms with E-state index in [1.54, 1.807) is 0 Å². The molecule has 5 unspecified atom stereocenters. The number of aromatic nitrogens is 1. The molecule has 3 rings (SSSR count). The number of Topliss-reactive ketones (excluding diaryl/α,β-unsaturated/α-hetero) is 1. The summed E-state index contributed by atoms with van der Waals surface area (Å²) in [6.45, 7) is 11.9. The smallest absolute Gasteiger partial charge is 0.306 e. The Kier molecular flexibility index (Phi) is 11.4. The lowest BCUT2D eigenvalue weighted by Crippen LogP contribution is -2.26. The van der Waals surface area contributed by atoms with Crippen LogP contribution in [0.2, 0.25) is 0 Å². The van der Waals surface area contributed by atoms with Crippen LogP contribution in [0, 0.1) is 30.6 Å². The van der Waals surface area contributed by atoms with Gasteiger partial charge in [0.15, 0.2) is 0 Å². The van der Waals surface area contributed by atoms with Crippen LogP contribution in [0.15, 0.2) is 23.9 Å². The molecule has 190 valence electrons. The van der Waals surface area contributed by atoms with Crippen molar-refractivity contribution in [1.29, 1.82) is 0 Å². The summed E-state index contributed by atoms with van der Waals surface area (Å²) in [5.74, 6) is 0.899. The maximum atomic E-state index is 12.7. The van der Waals surface area contributed by atoms with E-state index in [9.17, 15) is 14.7 Å². The van der Waals surface area contributed by atoms with E-state index in [1.807, 2.05) is 65.9 Å². The van der Waals surface area contributed by atoms with Crippen molar-refractivity contribution in [3.8, 4) is 0 Å². The highest BCUT2D eigenvalue weighted by Crippen LogP contribution is 2.47. The summed E-state index contributed by atoms with van der Waals surface area (Å²) in [7, 11) is 0. The van der Waals surface area contributed by atoms with Crippen molar-refractivity contribution in [3.63, 3.8) is 0 Å². The van der Waals surface area contributed by atoms with Gasteiger partial charge in [-0.1, -0.05) is 46.6 Å². The lowest BCUT2D eigenvalue weighted by molar-refractivity contribution is -0.148. The zero-order valence-corrected chi connectivity index (χ0v) is 22.0. The molecule has 0 aromatic carbocycles. The van der Waals surface area contributed by atoms with Gasteiger partial charge in [0.25, 0.3) is 0 Å². The number of aryl methyl sites for hydroxylation is 1. The highest BCUT2D eigenvalue weighted by Gasteiger charge is 2.39. The predicted molar refractivity (Wildman–Crippen MR) is 137 cm³/mol. The molecule has 1 N–H and O–H groups in total. The third-order valence-corrected chi connectivity index (χ3v) is 7.31. The third-order valence-electron chi connectivity index (χ3n) is 7.31. The topological polar surface area (TPSA) is 76.5 Å². The van der Waals surface area contributed by atoms with E-state index < -0.39 is 6.10 Å². The SMILES string of the molecule is C/C(=C\c1ccc(C)cn1)C1CC2CC2CCC[C@H](C)C(O)CC(=O)C(C)CCC(=O)O1.CC. The van der Waals surface area contributed by atoms with Crippen LogP contribution in [-0.2, 0) is 14.3 Å². The van der Waals surface area contributed by atoms with Crippen molar-refractivity contribution in [2.45, 2.75) is 105 Å². The standard InChI is InChI=1S/C27H39NO4.C2H6/c1-17-8-10-23(28-16-17)12-20(4)26-14-22-13-21(22)7-5-6-18(2)24(29)15-25(30)19(3)9-11-27(31)32-26;1-2/h8,10,12,16,18-19,21-22,24,26,29H,5-7,9,11,13-15H2,1-4H3;1-2H3/b20-12+;/t18-,19?,21?,22?,24?,26?;/m0./s1. The molecular weight excluding hydrogens is 426 g/mol. The molecule has 1 aliphatic heterocycles. The van der Waals surface area contributed by atoms with Crippen LogP contribution in [-0.4, -0.2) is 34.1 Å². The van der Waals surface area contributed by atoms with E-state index in [0.717, 1.165) is 42.5 Å². The first kappa shape index (κ1) is 28.2. The van der Waals surface area contributed by atoms with Gasteiger partial charge in [0.1, 0.15) is 11.9 Å². The number of cyclic esters (lactones) is 1. The fraction of sp³-hybridized carbons (Fsp3) is 0.690. The molecule has 0 spiro atoms. The first-order valence-corrected chi connectivity index (χ1v) is 13.2. The van der Waals surface area contributed by atoms with E-state index in [0.29, 0.717) is 18.3 Å². The summed E-state index contributed by atoms with van der Waals surface area (Å²) in [4.78, 5) is 29.6. The zero-order valence-electron chi connectivity index (χ0n) is 22.0. The number of ketones is 1. The number of fused-ring (bicyclic) bond motifs is 1. The second kappa shape index (κ2) is 13.8. The van der Waals surface area contributed by atoms with Crippen molar-refractivity contribution in [2.24, 2.45) is 23.7 Å². The van der Waals surface area contributed by atoms with Gasteiger partial charge in [-0.25, -0.2) is 0 Å². The van der Waals surface area contributed by atoms with Crippen molar-refractivity contribution in [2.75, 3.05) is 0 Å². The number of hydrogen-bond donors (Lipinski definition) is 1. The Morgan fingerprint density at radius 2 is 1.82 bits per heavy atom. The van der Waals surface area contributed by atoms with Crippen LogP contribution in [0.1, 0.15) is 97.2 Å². The second-order valence-electron chi connectivity index (χ2n) is 10.2. The molecule has 2 heterocycles. The average Bonchev–Trinajstić information content (AvgIpc) is 3.56. The molecule has 2 fully saturated rings. The molecule has 34 heavy (non-hydrogen) atoms. The Bertz CT molecular complexity index is 816. The van der Waals surface area contributed by atoms with Crippen LogP contribution in [0.3, 0.4) is 0 Å². The number of carbonyl (C=O) groups excluding carboxylic acids is 2. The van der Waals surface area contributed by atoms with E-state index >= 15 is 0 Å². The zero-order chi connectivity index (χ0) is 25.3. The summed E-state index contributed by atoms with van der Waals surface area (Å²) < 4.78 is 5.93. The number of ether oxygens (including phenoxy) is 1. The number of rotatable bonds is 2. The first-order valence-electron chi connectivity index (χ1n) is 13.2. The van der Waals surface area contributed by atoms with Crippen molar-refractivity contribution in [3.05, 3.63) is 35.2 Å². The molecule has 5 heteroatoms. The highest BCUT2D eigenvalue weighted by molar-refractivity contribution is 5.81. The number of aliphatic hydroxyl groups excluding tert-OH is 1. The molecule has 0 radical (unpaired) electrons. The molecule has 1 aromatic heterocycles. The van der Waals surface area contributed by atoms with E-state index in [-0.39, 0.29) is 42.5 Å². The minimum absolute atomic E-state index is 0.0320. The van der Waals surface area contributed by atoms with E-state index in [4.69, 9.17) is 4.74 Å². The average molecular weight is 472 g/mol. The quantitative estimate of drug-likeness (QED) is 0.511. The van der Waals surface area contributed by atoms with Gasteiger partial charge < -0.3 is 9.84 Å². The lowest BCUT2D eigenvalue weighted by atomic mass is 9.89. The van der Waals surface area contributed by atoms with Gasteiger partial charge in [0.05, 0.1) is 11.8 Å². The Morgan fingerprint density at radius 1 is 1.09 bits per heavy atom. The number of esters is 1. The Balaban J connectivity index is 0.00000199. The summed E-state index contributed by atoms with van der Waals surface area (Å²) in [6, 6.07) is 4.02. The molecule has 6 atom stereocenters. The van der Waals surface area contributed by atoms with E-state index in [2.05, 4.69) is 4.98 Å². The van der Waals surface area contributed by atoms with Gasteiger partial charge in [0, 0.05) is 25.0 Å². The van der Waals surface area contributed by atoms with Crippen LogP contribution in [0.25, 0.3) is 6.08 Å². The summed E-state index contributed by atoms with van der Waals surface area (Å²) in [6.07, 6.45) is 9.05. The van der Waals surface area contributed by atoms with Gasteiger partial charge in [0.2, 0.25) is 0 Å². The summed E-state index contributed by atoms with van der Waals surface area (Å²) in [5, 5.41) is 10.4. The molecule has 1 saturated heterocycles. The van der Waals surface area contributed by atoms with Gasteiger partial charge in [-0.15, -0.1) is 0 Å². The lowest BCUT2D eigenvalue weighted by Gasteiger charge is -2.22. The van der Waals surface area contributed by atoms with Crippen LogP contribution >= 0.6 is 0 Å². The van der Waals surface area contributed by atoms with Gasteiger partial charge in [-0.05, 0) is 80.6 Å². The molecule has 1 aromatic rings. The van der Waals surface area contributed by atoms with Gasteiger partial charge >= 0.3 is 5.97 Å².